The molecule has 1 aliphatic rings. The van der Waals surface area contributed by atoms with E-state index in [1.54, 1.807) is 25.1 Å². The van der Waals surface area contributed by atoms with Crippen molar-refractivity contribution in [1.29, 1.82) is 0 Å². The molecule has 0 aliphatic heterocycles. The van der Waals surface area contributed by atoms with Gasteiger partial charge in [-0.15, -0.1) is 0 Å². The number of benzene rings is 1. The summed E-state index contributed by atoms with van der Waals surface area (Å²) < 4.78 is 19.1. The number of carbonyl (C=O) groups excluding carboxylic acids is 1. The third-order valence-electron chi connectivity index (χ3n) is 4.03. The Balaban J connectivity index is 1.89. The van der Waals surface area contributed by atoms with Gasteiger partial charge in [0, 0.05) is 18.4 Å². The third kappa shape index (κ3) is 3.00. The fraction of sp³-hybridized carbons (Fsp3) is 0.438. The van der Waals surface area contributed by atoms with E-state index in [0.717, 1.165) is 25.7 Å². The zero-order valence-electron chi connectivity index (χ0n) is 12.4. The Kier molecular flexibility index (Phi) is 4.18. The molecule has 1 fully saturated rings. The second-order valence-electron chi connectivity index (χ2n) is 5.62. The Morgan fingerprint density at radius 3 is 2.73 bits per heavy atom. The molecule has 1 atom stereocenters. The molecule has 1 heterocycles. The van der Waals surface area contributed by atoms with E-state index in [0.29, 0.717) is 11.5 Å². The van der Waals surface area contributed by atoms with Crippen LogP contribution in [0.3, 0.4) is 0 Å². The summed E-state index contributed by atoms with van der Waals surface area (Å²) in [5.74, 6) is 0.164. The number of aromatic nitrogens is 2. The van der Waals surface area contributed by atoms with Crippen LogP contribution in [-0.2, 0) is 4.79 Å². The van der Waals surface area contributed by atoms with Crippen LogP contribution < -0.4 is 5.32 Å². The quantitative estimate of drug-likeness (QED) is 0.943. The van der Waals surface area contributed by atoms with Gasteiger partial charge in [-0.2, -0.15) is 4.98 Å². The molecule has 1 N–H and O–H groups in total. The van der Waals surface area contributed by atoms with Crippen LogP contribution in [0.4, 0.5) is 4.39 Å². The number of amides is 1. The maximum absolute atomic E-state index is 14.1. The van der Waals surface area contributed by atoms with E-state index in [2.05, 4.69) is 15.5 Å². The van der Waals surface area contributed by atoms with Gasteiger partial charge in [0.15, 0.2) is 5.82 Å². The van der Waals surface area contributed by atoms with Crippen LogP contribution in [-0.4, -0.2) is 16.0 Å². The van der Waals surface area contributed by atoms with E-state index in [1.165, 1.54) is 6.07 Å². The van der Waals surface area contributed by atoms with Crippen LogP contribution in [0.1, 0.15) is 49.0 Å². The summed E-state index contributed by atoms with van der Waals surface area (Å²) in [5.41, 5.74) is 0.342. The predicted octanol–water partition coefficient (Wildman–Crippen LogP) is 2.91. The average Bonchev–Trinajstić information content (AvgIpc) is 3.17. The Hall–Kier alpha value is -2.24. The topological polar surface area (TPSA) is 68.0 Å². The molecule has 0 radical (unpaired) electrons. The van der Waals surface area contributed by atoms with Gasteiger partial charge < -0.3 is 9.84 Å². The van der Waals surface area contributed by atoms with Gasteiger partial charge in [0.1, 0.15) is 11.9 Å². The molecule has 1 aliphatic carbocycles. The lowest BCUT2D eigenvalue weighted by Gasteiger charge is -2.19. The van der Waals surface area contributed by atoms with Crippen LogP contribution in [0.5, 0.6) is 0 Å². The van der Waals surface area contributed by atoms with Gasteiger partial charge >= 0.3 is 0 Å². The molecule has 1 aromatic carbocycles. The second-order valence-corrected chi connectivity index (χ2v) is 5.62. The standard InChI is InChI=1S/C16H18FN3O2/c1-10-18-15(20-22-10)14(12-8-4-5-9-13(12)17)19-16(21)11-6-2-3-7-11/h4-5,8-9,11,14H,2-3,6-7H2,1H3,(H,19,21)/t14-/m0/s1. The van der Waals surface area contributed by atoms with Crippen molar-refractivity contribution in [3.63, 3.8) is 0 Å². The lowest BCUT2D eigenvalue weighted by Crippen LogP contribution is -2.34. The van der Waals surface area contributed by atoms with E-state index in [4.69, 9.17) is 4.52 Å². The number of carbonyl (C=O) groups is 1. The summed E-state index contributed by atoms with van der Waals surface area (Å²) >= 11 is 0. The molecule has 1 aromatic heterocycles. The number of hydrogen-bond donors (Lipinski definition) is 1. The summed E-state index contributed by atoms with van der Waals surface area (Å²) in [6, 6.07) is 5.58. The summed E-state index contributed by atoms with van der Waals surface area (Å²) in [7, 11) is 0. The molecular formula is C16H18FN3O2. The lowest BCUT2D eigenvalue weighted by atomic mass is 10.0. The van der Waals surface area contributed by atoms with Crippen molar-refractivity contribution in [3.05, 3.63) is 47.4 Å². The normalized spacial score (nSPS) is 16.6. The highest BCUT2D eigenvalue weighted by atomic mass is 19.1. The van der Waals surface area contributed by atoms with Crippen molar-refractivity contribution in [3.8, 4) is 0 Å². The van der Waals surface area contributed by atoms with Crippen LogP contribution in [0.15, 0.2) is 28.8 Å². The SMILES string of the molecule is Cc1nc([C@@H](NC(=O)C2CCCC2)c2ccccc2F)no1. The maximum Gasteiger partial charge on any atom is 0.223 e. The zero-order chi connectivity index (χ0) is 15.5. The Morgan fingerprint density at radius 2 is 2.09 bits per heavy atom. The molecule has 22 heavy (non-hydrogen) atoms. The Bertz CT molecular complexity index is 665. The first-order valence-corrected chi connectivity index (χ1v) is 7.50. The molecule has 116 valence electrons. The summed E-state index contributed by atoms with van der Waals surface area (Å²) in [4.78, 5) is 16.5. The summed E-state index contributed by atoms with van der Waals surface area (Å²) in [5, 5.41) is 6.73. The van der Waals surface area contributed by atoms with Gasteiger partial charge in [0.25, 0.3) is 0 Å². The van der Waals surface area contributed by atoms with Gasteiger partial charge in [0.2, 0.25) is 11.8 Å². The monoisotopic (exact) mass is 303 g/mol. The fourth-order valence-corrected chi connectivity index (χ4v) is 2.87. The van der Waals surface area contributed by atoms with Crippen LogP contribution >= 0.6 is 0 Å². The predicted molar refractivity (Wildman–Crippen MR) is 77.4 cm³/mol. The van der Waals surface area contributed by atoms with Crippen molar-refractivity contribution in [1.82, 2.24) is 15.5 Å². The Labute approximate surface area is 127 Å². The van der Waals surface area contributed by atoms with Crippen molar-refractivity contribution in [2.24, 2.45) is 5.92 Å². The van der Waals surface area contributed by atoms with Crippen molar-refractivity contribution in [2.45, 2.75) is 38.6 Å². The molecule has 0 bridgehead atoms. The minimum Gasteiger partial charge on any atom is -0.342 e. The lowest BCUT2D eigenvalue weighted by molar-refractivity contribution is -0.125. The number of nitrogens with one attached hydrogen (secondary N) is 1. The van der Waals surface area contributed by atoms with Crippen molar-refractivity contribution < 1.29 is 13.7 Å². The van der Waals surface area contributed by atoms with E-state index >= 15 is 0 Å². The minimum atomic E-state index is -0.730. The van der Waals surface area contributed by atoms with E-state index in [9.17, 15) is 9.18 Å². The van der Waals surface area contributed by atoms with Gasteiger partial charge in [0.05, 0.1) is 0 Å². The Morgan fingerprint density at radius 1 is 1.36 bits per heavy atom. The molecule has 0 spiro atoms. The van der Waals surface area contributed by atoms with Gasteiger partial charge in [-0.1, -0.05) is 36.2 Å². The molecular weight excluding hydrogens is 285 g/mol. The molecule has 2 aromatic rings. The van der Waals surface area contributed by atoms with E-state index < -0.39 is 11.9 Å². The molecule has 5 nitrogen and oxygen atoms in total. The maximum atomic E-state index is 14.1. The highest BCUT2D eigenvalue weighted by Crippen LogP contribution is 2.28. The molecule has 0 unspecified atom stereocenters. The smallest absolute Gasteiger partial charge is 0.223 e. The molecule has 1 amide bonds. The van der Waals surface area contributed by atoms with E-state index in [-0.39, 0.29) is 17.6 Å². The molecule has 3 rings (SSSR count). The van der Waals surface area contributed by atoms with Crippen LogP contribution in [0.2, 0.25) is 0 Å². The van der Waals surface area contributed by atoms with Crippen LogP contribution in [0, 0.1) is 18.7 Å². The van der Waals surface area contributed by atoms with Gasteiger partial charge in [-0.3, -0.25) is 4.79 Å². The first-order chi connectivity index (χ1) is 10.6. The molecule has 0 saturated heterocycles. The first kappa shape index (κ1) is 14.7. The minimum absolute atomic E-state index is 0.0118. The second kappa shape index (κ2) is 6.25. The molecule has 6 heteroatoms. The fourth-order valence-electron chi connectivity index (χ4n) is 2.87. The number of hydrogen-bond acceptors (Lipinski definition) is 4. The van der Waals surface area contributed by atoms with Crippen LogP contribution in [0.25, 0.3) is 0 Å². The van der Waals surface area contributed by atoms with E-state index in [1.807, 2.05) is 0 Å². The van der Waals surface area contributed by atoms with Crippen molar-refractivity contribution in [2.75, 3.05) is 0 Å². The molecule has 1 saturated carbocycles. The summed E-state index contributed by atoms with van der Waals surface area (Å²) in [6.45, 7) is 1.66. The van der Waals surface area contributed by atoms with Crippen molar-refractivity contribution >= 4 is 5.91 Å². The average molecular weight is 303 g/mol. The van der Waals surface area contributed by atoms with Gasteiger partial charge in [-0.05, 0) is 18.9 Å². The van der Waals surface area contributed by atoms with Gasteiger partial charge in [-0.25, -0.2) is 4.39 Å². The highest BCUT2D eigenvalue weighted by molar-refractivity contribution is 5.79. The zero-order valence-corrected chi connectivity index (χ0v) is 12.4. The summed E-state index contributed by atoms with van der Waals surface area (Å²) in [6.07, 6.45) is 3.87. The number of aryl methyl sites for hydroxylation is 1. The largest absolute Gasteiger partial charge is 0.342 e. The number of halogens is 1. The number of nitrogens with zero attached hydrogens (tertiary/aromatic N) is 2. The first-order valence-electron chi connectivity index (χ1n) is 7.50. The third-order valence-corrected chi connectivity index (χ3v) is 4.03. The highest BCUT2D eigenvalue weighted by Gasteiger charge is 2.29. The number of rotatable bonds is 4.